The van der Waals surface area contributed by atoms with Crippen molar-refractivity contribution in [3.8, 4) is 0 Å². The molecule has 0 saturated carbocycles. The summed E-state index contributed by atoms with van der Waals surface area (Å²) in [5.41, 5.74) is 2.48. The number of nitrogens with one attached hydrogen (secondary N) is 2. The maximum atomic E-state index is 12.5. The Balaban J connectivity index is 1.47. The Hall–Kier alpha value is -2.89. The standard InChI is InChI=1S/C18H18N4O2/c23-17-6-5-16(20-21-17)18(24)22-9-7-12(8-10-22)14-11-19-15-4-2-1-3-13(14)15/h1-6,11-12,19H,7-10H2,(H,21,23). The zero-order valence-corrected chi connectivity index (χ0v) is 13.2. The van der Waals surface area contributed by atoms with E-state index < -0.39 is 0 Å². The number of benzene rings is 1. The Morgan fingerprint density at radius 3 is 2.67 bits per heavy atom. The molecule has 3 aromatic rings. The number of hydrogen-bond donors (Lipinski definition) is 2. The van der Waals surface area contributed by atoms with Crippen LogP contribution < -0.4 is 5.56 Å². The number of aromatic nitrogens is 3. The minimum absolute atomic E-state index is 0.122. The van der Waals surface area contributed by atoms with Crippen LogP contribution in [-0.4, -0.2) is 39.1 Å². The monoisotopic (exact) mass is 322 g/mol. The summed E-state index contributed by atoms with van der Waals surface area (Å²) in [7, 11) is 0. The van der Waals surface area contributed by atoms with E-state index >= 15 is 0 Å². The highest BCUT2D eigenvalue weighted by Gasteiger charge is 2.26. The van der Waals surface area contributed by atoms with Crippen molar-refractivity contribution in [2.45, 2.75) is 18.8 Å². The molecule has 6 heteroatoms. The van der Waals surface area contributed by atoms with Gasteiger partial charge in [-0.3, -0.25) is 9.59 Å². The van der Waals surface area contributed by atoms with Crippen LogP contribution in [0.5, 0.6) is 0 Å². The quantitative estimate of drug-likeness (QED) is 0.759. The Morgan fingerprint density at radius 1 is 1.12 bits per heavy atom. The molecule has 2 N–H and O–H groups in total. The Labute approximate surface area is 138 Å². The lowest BCUT2D eigenvalue weighted by Gasteiger charge is -2.31. The molecule has 3 heterocycles. The average molecular weight is 322 g/mol. The fraction of sp³-hybridized carbons (Fsp3) is 0.278. The zero-order valence-electron chi connectivity index (χ0n) is 13.2. The van der Waals surface area contributed by atoms with Gasteiger partial charge in [-0.05, 0) is 36.5 Å². The highest BCUT2D eigenvalue weighted by Crippen LogP contribution is 2.33. The first-order valence-electron chi connectivity index (χ1n) is 8.13. The molecule has 1 fully saturated rings. The van der Waals surface area contributed by atoms with Gasteiger partial charge in [0.05, 0.1) is 0 Å². The summed E-state index contributed by atoms with van der Waals surface area (Å²) in [5, 5.41) is 7.41. The third kappa shape index (κ3) is 2.60. The van der Waals surface area contributed by atoms with Crippen molar-refractivity contribution >= 4 is 16.8 Å². The summed E-state index contributed by atoms with van der Waals surface area (Å²) in [6.45, 7) is 1.40. The number of aromatic amines is 2. The van der Waals surface area contributed by atoms with Crippen LogP contribution in [-0.2, 0) is 0 Å². The first-order chi connectivity index (χ1) is 11.7. The van der Waals surface area contributed by atoms with Gasteiger partial charge in [-0.15, -0.1) is 0 Å². The van der Waals surface area contributed by atoms with Gasteiger partial charge >= 0.3 is 0 Å². The molecule has 1 aliphatic rings. The van der Waals surface area contributed by atoms with Crippen molar-refractivity contribution in [3.05, 3.63) is 64.2 Å². The van der Waals surface area contributed by atoms with Crippen LogP contribution in [0.3, 0.4) is 0 Å². The molecule has 4 rings (SSSR count). The van der Waals surface area contributed by atoms with Crippen LogP contribution in [0.15, 0.2) is 47.4 Å². The van der Waals surface area contributed by atoms with E-state index in [2.05, 4.69) is 39.6 Å². The summed E-state index contributed by atoms with van der Waals surface area (Å²) in [5.74, 6) is 0.331. The number of amides is 1. The molecule has 122 valence electrons. The molecule has 2 aromatic heterocycles. The molecule has 1 aromatic carbocycles. The molecule has 0 unspecified atom stereocenters. The van der Waals surface area contributed by atoms with Gasteiger partial charge in [-0.1, -0.05) is 18.2 Å². The van der Waals surface area contributed by atoms with Gasteiger partial charge in [0.1, 0.15) is 5.69 Å². The zero-order chi connectivity index (χ0) is 16.5. The summed E-state index contributed by atoms with van der Waals surface area (Å²) >= 11 is 0. The number of carbonyl (C=O) groups excluding carboxylic acids is 1. The smallest absolute Gasteiger partial charge is 0.274 e. The Bertz CT molecular complexity index is 915. The minimum Gasteiger partial charge on any atom is -0.361 e. The van der Waals surface area contributed by atoms with Crippen molar-refractivity contribution < 1.29 is 4.79 Å². The SMILES string of the molecule is O=C(c1ccc(=O)[nH]n1)N1CCC(c2c[nH]c3ccccc23)CC1. The predicted molar refractivity (Wildman–Crippen MR) is 91.0 cm³/mol. The molecule has 1 aliphatic heterocycles. The van der Waals surface area contributed by atoms with Gasteiger partial charge in [0.2, 0.25) is 0 Å². The molecule has 6 nitrogen and oxygen atoms in total. The predicted octanol–water partition coefficient (Wildman–Crippen LogP) is 2.27. The molecular weight excluding hydrogens is 304 g/mol. The maximum Gasteiger partial charge on any atom is 0.274 e. The van der Waals surface area contributed by atoms with E-state index in [1.165, 1.54) is 23.1 Å². The Morgan fingerprint density at radius 2 is 1.92 bits per heavy atom. The van der Waals surface area contributed by atoms with E-state index in [0.717, 1.165) is 18.4 Å². The van der Waals surface area contributed by atoms with Gasteiger partial charge in [0.15, 0.2) is 0 Å². The molecule has 0 spiro atoms. The van der Waals surface area contributed by atoms with Gasteiger partial charge in [-0.2, -0.15) is 5.10 Å². The molecule has 0 aliphatic carbocycles. The van der Waals surface area contributed by atoms with E-state index in [0.29, 0.717) is 24.7 Å². The lowest BCUT2D eigenvalue weighted by Crippen LogP contribution is -2.38. The fourth-order valence-electron chi connectivity index (χ4n) is 3.45. The second kappa shape index (κ2) is 5.96. The number of rotatable bonds is 2. The third-order valence-electron chi connectivity index (χ3n) is 4.74. The number of piperidine rings is 1. The summed E-state index contributed by atoms with van der Waals surface area (Å²) in [6.07, 6.45) is 3.95. The molecule has 0 atom stereocenters. The van der Waals surface area contributed by atoms with Gasteiger partial charge in [0, 0.05) is 36.3 Å². The average Bonchev–Trinajstić information content (AvgIpc) is 3.06. The molecule has 0 radical (unpaired) electrons. The van der Waals surface area contributed by atoms with Crippen molar-refractivity contribution in [1.29, 1.82) is 0 Å². The summed E-state index contributed by atoms with van der Waals surface area (Å²) in [4.78, 5) is 28.6. The number of H-pyrrole nitrogens is 2. The van der Waals surface area contributed by atoms with Crippen LogP contribution in [0.2, 0.25) is 0 Å². The van der Waals surface area contributed by atoms with E-state index in [9.17, 15) is 9.59 Å². The molecular formula is C18H18N4O2. The minimum atomic E-state index is -0.301. The van der Waals surface area contributed by atoms with Crippen LogP contribution >= 0.6 is 0 Å². The number of carbonyl (C=O) groups is 1. The van der Waals surface area contributed by atoms with E-state index in [4.69, 9.17) is 0 Å². The van der Waals surface area contributed by atoms with E-state index in [-0.39, 0.29) is 11.5 Å². The molecule has 24 heavy (non-hydrogen) atoms. The van der Waals surface area contributed by atoms with Crippen molar-refractivity contribution in [3.63, 3.8) is 0 Å². The third-order valence-corrected chi connectivity index (χ3v) is 4.74. The first kappa shape index (κ1) is 14.7. The molecule has 1 amide bonds. The van der Waals surface area contributed by atoms with Gasteiger partial charge in [0.25, 0.3) is 11.5 Å². The molecule has 1 saturated heterocycles. The van der Waals surface area contributed by atoms with E-state index in [1.54, 1.807) is 0 Å². The van der Waals surface area contributed by atoms with Crippen molar-refractivity contribution in [2.24, 2.45) is 0 Å². The lowest BCUT2D eigenvalue weighted by atomic mass is 9.89. The number of hydrogen-bond acceptors (Lipinski definition) is 3. The van der Waals surface area contributed by atoms with Crippen molar-refractivity contribution in [2.75, 3.05) is 13.1 Å². The second-order valence-corrected chi connectivity index (χ2v) is 6.16. The molecule has 0 bridgehead atoms. The number of para-hydroxylation sites is 1. The highest BCUT2D eigenvalue weighted by molar-refractivity contribution is 5.92. The van der Waals surface area contributed by atoms with Crippen LogP contribution in [0, 0.1) is 0 Å². The van der Waals surface area contributed by atoms with Gasteiger partial charge < -0.3 is 9.88 Å². The second-order valence-electron chi connectivity index (χ2n) is 6.16. The highest BCUT2D eigenvalue weighted by atomic mass is 16.2. The number of fused-ring (bicyclic) bond motifs is 1. The Kier molecular flexibility index (Phi) is 3.65. The van der Waals surface area contributed by atoms with Crippen molar-refractivity contribution in [1.82, 2.24) is 20.1 Å². The van der Waals surface area contributed by atoms with E-state index in [1.807, 2.05) is 11.0 Å². The number of likely N-dealkylation sites (tertiary alicyclic amines) is 1. The van der Waals surface area contributed by atoms with Crippen LogP contribution in [0.4, 0.5) is 0 Å². The fourth-order valence-corrected chi connectivity index (χ4v) is 3.45. The summed E-state index contributed by atoms with van der Waals surface area (Å²) < 4.78 is 0. The van der Waals surface area contributed by atoms with Crippen LogP contribution in [0.1, 0.15) is 34.8 Å². The van der Waals surface area contributed by atoms with Gasteiger partial charge in [-0.25, -0.2) is 5.10 Å². The maximum absolute atomic E-state index is 12.5. The largest absolute Gasteiger partial charge is 0.361 e. The summed E-state index contributed by atoms with van der Waals surface area (Å²) in [6, 6.07) is 11.1. The van der Waals surface area contributed by atoms with Crippen LogP contribution in [0.25, 0.3) is 10.9 Å². The lowest BCUT2D eigenvalue weighted by molar-refractivity contribution is 0.0706. The first-order valence-corrected chi connectivity index (χ1v) is 8.13. The topological polar surface area (TPSA) is 81.8 Å². The normalized spacial score (nSPS) is 15.8. The number of nitrogens with zero attached hydrogens (tertiary/aromatic N) is 2.